The molecule has 33 heavy (non-hydrogen) atoms. The third kappa shape index (κ3) is 13.9. The number of alkyl carbamates (subject to hydrolysis) is 1. The van der Waals surface area contributed by atoms with Crippen molar-refractivity contribution in [3.05, 3.63) is 29.3 Å². The van der Waals surface area contributed by atoms with Gasteiger partial charge in [0.1, 0.15) is 29.6 Å². The van der Waals surface area contributed by atoms with Crippen LogP contribution in [-0.2, 0) is 29.6 Å². The van der Waals surface area contributed by atoms with Crippen LogP contribution in [0.1, 0.15) is 52.7 Å². The summed E-state index contributed by atoms with van der Waals surface area (Å²) in [6, 6.07) is 4.72. The van der Waals surface area contributed by atoms with Gasteiger partial charge in [-0.25, -0.2) is 9.59 Å². The summed E-state index contributed by atoms with van der Waals surface area (Å²) in [7, 11) is 1.27. The van der Waals surface area contributed by atoms with Gasteiger partial charge in [0.2, 0.25) is 0 Å². The Hall–Kier alpha value is -1.24. The maximum Gasteiger partial charge on any atom is 0.408 e. The lowest BCUT2D eigenvalue weighted by Gasteiger charge is -2.26. The van der Waals surface area contributed by atoms with E-state index < -0.39 is 29.3 Å². The van der Waals surface area contributed by atoms with E-state index in [1.807, 2.05) is 25.1 Å². The Kier molecular flexibility index (Phi) is 12.8. The Bertz CT molecular complexity index is 762. The maximum absolute atomic E-state index is 12.8. The normalized spacial score (nSPS) is 12.7. The number of halogens is 1. The quantitative estimate of drug-likeness (QED) is 0.153. The predicted octanol–water partition coefficient (Wildman–Crippen LogP) is 5.18. The standard InChI is InChI=1S/C23H36INO7S/c1-16-8-9-18(29-12-10-28-11-13-30-33-24)14-17(16)15-19(20(26)31-22(2,3)4)25-21(27)32-23(5,6)7/h8-9,14,19H,10-13,15H2,1-7H3,(H,25,27). The summed E-state index contributed by atoms with van der Waals surface area (Å²) in [4.78, 5) is 25.2. The van der Waals surface area contributed by atoms with E-state index in [2.05, 4.69) is 26.5 Å². The lowest BCUT2D eigenvalue weighted by molar-refractivity contribution is -0.157. The van der Waals surface area contributed by atoms with Gasteiger partial charge in [-0.1, -0.05) is 6.07 Å². The second-order valence-corrected chi connectivity index (χ2v) is 10.8. The van der Waals surface area contributed by atoms with Crippen LogP contribution in [0, 0.1) is 6.92 Å². The molecule has 0 spiro atoms. The molecule has 0 heterocycles. The first kappa shape index (κ1) is 29.8. The average molecular weight is 598 g/mol. The summed E-state index contributed by atoms with van der Waals surface area (Å²) in [6.45, 7) is 14.4. The number of carbonyl (C=O) groups is 2. The Labute approximate surface area is 213 Å². The summed E-state index contributed by atoms with van der Waals surface area (Å²) < 4.78 is 27.2. The molecule has 1 aromatic carbocycles. The van der Waals surface area contributed by atoms with E-state index in [0.29, 0.717) is 32.2 Å². The molecular formula is C23H36INO7S. The van der Waals surface area contributed by atoms with Crippen LogP contribution in [0.3, 0.4) is 0 Å². The van der Waals surface area contributed by atoms with Crippen molar-refractivity contribution in [2.45, 2.75) is 72.1 Å². The topological polar surface area (TPSA) is 92.3 Å². The third-order valence-corrected chi connectivity index (χ3v) is 5.00. The first-order valence-corrected chi connectivity index (χ1v) is 14.0. The monoisotopic (exact) mass is 597 g/mol. The van der Waals surface area contributed by atoms with Crippen molar-refractivity contribution >= 4 is 42.5 Å². The molecule has 1 atom stereocenters. The van der Waals surface area contributed by atoms with Gasteiger partial charge in [0.25, 0.3) is 0 Å². The van der Waals surface area contributed by atoms with Gasteiger partial charge in [-0.3, -0.25) is 0 Å². The zero-order valence-electron chi connectivity index (χ0n) is 20.5. The van der Waals surface area contributed by atoms with Crippen molar-refractivity contribution in [2.75, 3.05) is 26.4 Å². The lowest BCUT2D eigenvalue weighted by Crippen LogP contribution is -2.47. The summed E-state index contributed by atoms with van der Waals surface area (Å²) in [6.07, 6.45) is -0.440. The maximum atomic E-state index is 12.8. The van der Waals surface area contributed by atoms with E-state index in [9.17, 15) is 9.59 Å². The van der Waals surface area contributed by atoms with E-state index in [4.69, 9.17) is 23.1 Å². The van der Waals surface area contributed by atoms with Gasteiger partial charge >= 0.3 is 12.1 Å². The molecule has 1 aromatic rings. The minimum absolute atomic E-state index is 0.235. The van der Waals surface area contributed by atoms with Gasteiger partial charge in [0.05, 0.1) is 29.0 Å². The zero-order chi connectivity index (χ0) is 25.1. The Morgan fingerprint density at radius 1 is 1.00 bits per heavy atom. The van der Waals surface area contributed by atoms with E-state index in [1.165, 1.54) is 9.21 Å². The molecule has 8 nitrogen and oxygen atoms in total. The molecule has 1 rings (SSSR count). The van der Waals surface area contributed by atoms with Crippen molar-refractivity contribution in [2.24, 2.45) is 0 Å². The van der Waals surface area contributed by atoms with Crippen molar-refractivity contribution in [3.63, 3.8) is 0 Å². The highest BCUT2D eigenvalue weighted by molar-refractivity contribution is 14.2. The Balaban J connectivity index is 2.84. The van der Waals surface area contributed by atoms with Gasteiger partial charge in [-0.05, 0) is 71.7 Å². The van der Waals surface area contributed by atoms with Crippen molar-refractivity contribution < 1.29 is 32.7 Å². The number of benzene rings is 1. The van der Waals surface area contributed by atoms with Crippen molar-refractivity contribution in [1.82, 2.24) is 5.32 Å². The molecule has 0 bridgehead atoms. The van der Waals surface area contributed by atoms with Gasteiger partial charge in [-0.15, -0.1) is 0 Å². The molecule has 1 unspecified atom stereocenters. The highest BCUT2D eigenvalue weighted by Gasteiger charge is 2.29. The largest absolute Gasteiger partial charge is 0.491 e. The van der Waals surface area contributed by atoms with Crippen LogP contribution < -0.4 is 10.1 Å². The summed E-state index contributed by atoms with van der Waals surface area (Å²) in [5.74, 6) is 0.123. The molecule has 0 aliphatic carbocycles. The Morgan fingerprint density at radius 3 is 2.24 bits per heavy atom. The molecule has 0 fully saturated rings. The minimum Gasteiger partial charge on any atom is -0.491 e. The van der Waals surface area contributed by atoms with Crippen LogP contribution in [0.25, 0.3) is 0 Å². The van der Waals surface area contributed by atoms with Crippen LogP contribution in [0.4, 0.5) is 4.79 Å². The number of ether oxygens (including phenoxy) is 4. The molecule has 1 amide bonds. The van der Waals surface area contributed by atoms with E-state index in [0.717, 1.165) is 11.1 Å². The number of hydrogen-bond donors (Lipinski definition) is 1. The molecule has 0 aromatic heterocycles. The molecule has 188 valence electrons. The van der Waals surface area contributed by atoms with Crippen LogP contribution in [0.15, 0.2) is 18.2 Å². The van der Waals surface area contributed by atoms with Crippen LogP contribution in [0.2, 0.25) is 0 Å². The molecule has 0 aliphatic heterocycles. The molecule has 10 heteroatoms. The smallest absolute Gasteiger partial charge is 0.408 e. The van der Waals surface area contributed by atoms with Gasteiger partial charge in [0.15, 0.2) is 0 Å². The van der Waals surface area contributed by atoms with Crippen molar-refractivity contribution in [3.8, 4) is 5.75 Å². The molecule has 1 N–H and O–H groups in total. The second kappa shape index (κ2) is 14.2. The first-order chi connectivity index (χ1) is 15.3. The number of amides is 1. The van der Waals surface area contributed by atoms with E-state index in [-0.39, 0.29) is 6.42 Å². The second-order valence-electron chi connectivity index (χ2n) is 9.37. The fourth-order valence-corrected chi connectivity index (χ4v) is 3.31. The van der Waals surface area contributed by atoms with Gasteiger partial charge in [-0.2, -0.15) is 0 Å². The lowest BCUT2D eigenvalue weighted by atomic mass is 10.0. The first-order valence-electron chi connectivity index (χ1n) is 10.7. The average Bonchev–Trinajstić information content (AvgIpc) is 2.66. The van der Waals surface area contributed by atoms with Gasteiger partial charge in [0, 0.05) is 27.6 Å². The highest BCUT2D eigenvalue weighted by Crippen LogP contribution is 2.21. The number of rotatable bonds is 12. The SMILES string of the molecule is Cc1ccc(OCCOCCOSI)cc1CC(NC(=O)OC(C)(C)C)C(=O)OC(C)(C)C. The number of nitrogens with one attached hydrogen (secondary N) is 1. The Morgan fingerprint density at radius 2 is 1.64 bits per heavy atom. The number of aryl methyl sites for hydroxylation is 1. The molecule has 0 aliphatic rings. The number of carbonyl (C=O) groups excluding carboxylic acids is 2. The highest BCUT2D eigenvalue weighted by atomic mass is 127. The van der Waals surface area contributed by atoms with E-state index >= 15 is 0 Å². The fraction of sp³-hybridized carbons (Fsp3) is 0.652. The summed E-state index contributed by atoms with van der Waals surface area (Å²) in [5.41, 5.74) is 0.445. The van der Waals surface area contributed by atoms with Crippen molar-refractivity contribution in [1.29, 1.82) is 0 Å². The van der Waals surface area contributed by atoms with Gasteiger partial charge < -0.3 is 28.4 Å². The third-order valence-electron chi connectivity index (χ3n) is 3.98. The number of hydrogen-bond acceptors (Lipinski definition) is 8. The molecular weight excluding hydrogens is 561 g/mol. The molecule has 0 saturated carbocycles. The van der Waals surface area contributed by atoms with Crippen LogP contribution in [-0.4, -0.2) is 55.7 Å². The van der Waals surface area contributed by atoms with Crippen LogP contribution >= 0.6 is 30.4 Å². The fourth-order valence-electron chi connectivity index (χ4n) is 2.64. The minimum atomic E-state index is -0.910. The van der Waals surface area contributed by atoms with E-state index in [1.54, 1.807) is 41.5 Å². The summed E-state index contributed by atoms with van der Waals surface area (Å²) >= 11 is 2.05. The number of esters is 1. The van der Waals surface area contributed by atoms with Crippen LogP contribution in [0.5, 0.6) is 5.75 Å². The zero-order valence-corrected chi connectivity index (χ0v) is 23.5. The predicted molar refractivity (Wildman–Crippen MR) is 138 cm³/mol. The molecule has 0 saturated heterocycles. The summed E-state index contributed by atoms with van der Waals surface area (Å²) in [5, 5.41) is 2.66. The molecule has 0 radical (unpaired) electrons.